The quantitative estimate of drug-likeness (QED) is 0.888. The Morgan fingerprint density at radius 2 is 2.17 bits per heavy atom. The lowest BCUT2D eigenvalue weighted by molar-refractivity contribution is 0.0161. The van der Waals surface area contributed by atoms with Crippen molar-refractivity contribution in [1.82, 2.24) is 15.2 Å². The molecule has 6 heteroatoms. The molecule has 0 bridgehead atoms. The number of amides is 2. The normalized spacial score (nSPS) is 18.3. The lowest BCUT2D eigenvalue weighted by atomic mass is 9.95. The maximum atomic E-state index is 12.2. The molecule has 24 heavy (non-hydrogen) atoms. The average molecular weight is 335 g/mol. The fraction of sp³-hybridized carbons (Fsp3) is 0.667. The summed E-state index contributed by atoms with van der Waals surface area (Å²) in [6.45, 7) is 9.60. The molecule has 6 nitrogen and oxygen atoms in total. The molecular formula is C18H29N3O3. The van der Waals surface area contributed by atoms with E-state index >= 15 is 0 Å². The highest BCUT2D eigenvalue weighted by Crippen LogP contribution is 2.21. The summed E-state index contributed by atoms with van der Waals surface area (Å²) in [7, 11) is 0. The molecule has 1 aromatic heterocycles. The Morgan fingerprint density at radius 1 is 1.42 bits per heavy atom. The van der Waals surface area contributed by atoms with Gasteiger partial charge in [0.1, 0.15) is 5.60 Å². The Labute approximate surface area is 143 Å². The highest BCUT2D eigenvalue weighted by molar-refractivity contribution is 5.95. The van der Waals surface area contributed by atoms with Crippen LogP contribution >= 0.6 is 0 Å². The number of likely N-dealkylation sites (tertiary alicyclic amines) is 1. The zero-order valence-corrected chi connectivity index (χ0v) is 15.1. The SMILES string of the molecule is Cc1[nH]ccc1C(=O)NCC[C@H]1CCCN(C(=O)OC(C)(C)C)C1. The average Bonchev–Trinajstić information content (AvgIpc) is 2.92. The molecule has 0 saturated carbocycles. The summed E-state index contributed by atoms with van der Waals surface area (Å²) >= 11 is 0. The maximum absolute atomic E-state index is 12.2. The van der Waals surface area contributed by atoms with Gasteiger partial charge in [-0.15, -0.1) is 0 Å². The van der Waals surface area contributed by atoms with E-state index in [2.05, 4.69) is 10.3 Å². The van der Waals surface area contributed by atoms with Crippen LogP contribution in [0.5, 0.6) is 0 Å². The summed E-state index contributed by atoms with van der Waals surface area (Å²) in [5, 5.41) is 2.96. The summed E-state index contributed by atoms with van der Waals surface area (Å²) in [5.74, 6) is 0.354. The summed E-state index contributed by atoms with van der Waals surface area (Å²) in [6, 6.07) is 1.79. The van der Waals surface area contributed by atoms with E-state index in [9.17, 15) is 9.59 Å². The number of aromatic nitrogens is 1. The van der Waals surface area contributed by atoms with E-state index in [1.165, 1.54) is 0 Å². The maximum Gasteiger partial charge on any atom is 0.410 e. The fourth-order valence-corrected chi connectivity index (χ4v) is 2.98. The minimum atomic E-state index is -0.466. The number of carbonyl (C=O) groups excluding carboxylic acids is 2. The molecule has 0 aromatic carbocycles. The molecule has 0 aliphatic carbocycles. The van der Waals surface area contributed by atoms with Gasteiger partial charge in [-0.3, -0.25) is 4.79 Å². The highest BCUT2D eigenvalue weighted by atomic mass is 16.6. The second-order valence-electron chi connectivity index (χ2n) is 7.50. The van der Waals surface area contributed by atoms with E-state index < -0.39 is 5.60 Å². The van der Waals surface area contributed by atoms with E-state index in [-0.39, 0.29) is 12.0 Å². The summed E-state index contributed by atoms with van der Waals surface area (Å²) < 4.78 is 5.44. The monoisotopic (exact) mass is 335 g/mol. The van der Waals surface area contributed by atoms with Gasteiger partial charge in [0.05, 0.1) is 5.56 Å². The number of ether oxygens (including phenoxy) is 1. The second-order valence-corrected chi connectivity index (χ2v) is 7.50. The number of aromatic amines is 1. The van der Waals surface area contributed by atoms with Gasteiger partial charge in [-0.1, -0.05) is 0 Å². The Bertz CT molecular complexity index is 574. The van der Waals surface area contributed by atoms with Gasteiger partial charge in [0.25, 0.3) is 5.91 Å². The smallest absolute Gasteiger partial charge is 0.410 e. The standard InChI is InChI=1S/C18H29N3O3/c1-13-15(8-10-19-13)16(22)20-9-7-14-6-5-11-21(12-14)17(23)24-18(2,3)4/h8,10,14,19H,5-7,9,11-12H2,1-4H3,(H,20,22)/t14-/m1/s1. The van der Waals surface area contributed by atoms with Crippen LogP contribution in [0.4, 0.5) is 4.79 Å². The van der Waals surface area contributed by atoms with E-state index in [0.717, 1.165) is 31.5 Å². The van der Waals surface area contributed by atoms with Crippen molar-refractivity contribution in [3.8, 4) is 0 Å². The van der Waals surface area contributed by atoms with Crippen LogP contribution in [0.3, 0.4) is 0 Å². The van der Waals surface area contributed by atoms with Gasteiger partial charge in [0, 0.05) is 31.5 Å². The Morgan fingerprint density at radius 3 is 2.79 bits per heavy atom. The number of aryl methyl sites for hydroxylation is 1. The molecule has 0 unspecified atom stereocenters. The summed E-state index contributed by atoms with van der Waals surface area (Å²) in [5.41, 5.74) is 1.10. The molecule has 1 saturated heterocycles. The van der Waals surface area contributed by atoms with Crippen molar-refractivity contribution >= 4 is 12.0 Å². The van der Waals surface area contributed by atoms with Crippen molar-refractivity contribution in [2.75, 3.05) is 19.6 Å². The third kappa shape index (κ3) is 5.28. The fourth-order valence-electron chi connectivity index (χ4n) is 2.98. The number of rotatable bonds is 4. The van der Waals surface area contributed by atoms with Crippen molar-refractivity contribution < 1.29 is 14.3 Å². The number of H-pyrrole nitrogens is 1. The first-order chi connectivity index (χ1) is 11.3. The van der Waals surface area contributed by atoms with Crippen molar-refractivity contribution in [2.45, 2.75) is 52.6 Å². The van der Waals surface area contributed by atoms with Crippen molar-refractivity contribution in [3.63, 3.8) is 0 Å². The number of carbonyl (C=O) groups is 2. The first kappa shape index (κ1) is 18.4. The molecule has 2 amide bonds. The van der Waals surface area contributed by atoms with Crippen LogP contribution in [-0.2, 0) is 4.74 Å². The molecule has 0 radical (unpaired) electrons. The van der Waals surface area contributed by atoms with E-state index in [4.69, 9.17) is 4.74 Å². The minimum absolute atomic E-state index is 0.0476. The van der Waals surface area contributed by atoms with Crippen LogP contribution in [0.2, 0.25) is 0 Å². The van der Waals surface area contributed by atoms with Crippen LogP contribution in [0.15, 0.2) is 12.3 Å². The molecule has 1 aliphatic heterocycles. The van der Waals surface area contributed by atoms with Crippen molar-refractivity contribution in [1.29, 1.82) is 0 Å². The predicted molar refractivity (Wildman–Crippen MR) is 93.0 cm³/mol. The van der Waals surface area contributed by atoms with Crippen LogP contribution in [0, 0.1) is 12.8 Å². The second kappa shape index (κ2) is 7.73. The zero-order valence-electron chi connectivity index (χ0n) is 15.1. The van der Waals surface area contributed by atoms with E-state index in [0.29, 0.717) is 24.6 Å². The first-order valence-electron chi connectivity index (χ1n) is 8.66. The Hall–Kier alpha value is -1.98. The first-order valence-corrected chi connectivity index (χ1v) is 8.66. The number of hydrogen-bond acceptors (Lipinski definition) is 3. The van der Waals surface area contributed by atoms with Crippen LogP contribution in [0.1, 0.15) is 56.1 Å². The lowest BCUT2D eigenvalue weighted by Gasteiger charge is -2.34. The van der Waals surface area contributed by atoms with Gasteiger partial charge < -0.3 is 19.9 Å². The number of hydrogen-bond donors (Lipinski definition) is 2. The van der Waals surface area contributed by atoms with E-state index in [1.54, 1.807) is 17.2 Å². The van der Waals surface area contributed by atoms with Gasteiger partial charge in [0.15, 0.2) is 0 Å². The molecule has 134 valence electrons. The molecule has 2 N–H and O–H groups in total. The molecule has 0 spiro atoms. The minimum Gasteiger partial charge on any atom is -0.444 e. The van der Waals surface area contributed by atoms with Gasteiger partial charge in [-0.05, 0) is 58.9 Å². The summed E-state index contributed by atoms with van der Waals surface area (Å²) in [4.78, 5) is 29.0. The topological polar surface area (TPSA) is 74.4 Å². The zero-order chi connectivity index (χ0) is 17.7. The largest absolute Gasteiger partial charge is 0.444 e. The van der Waals surface area contributed by atoms with Crippen LogP contribution in [0.25, 0.3) is 0 Å². The van der Waals surface area contributed by atoms with Crippen molar-refractivity contribution in [2.24, 2.45) is 5.92 Å². The number of nitrogens with zero attached hydrogens (tertiary/aromatic N) is 1. The molecule has 2 heterocycles. The van der Waals surface area contributed by atoms with E-state index in [1.807, 2.05) is 27.7 Å². The van der Waals surface area contributed by atoms with Crippen molar-refractivity contribution in [3.05, 3.63) is 23.5 Å². The van der Waals surface area contributed by atoms with Gasteiger partial charge in [-0.25, -0.2) is 4.79 Å². The molecule has 1 atom stereocenters. The Kier molecular flexibility index (Phi) is 5.91. The van der Waals surface area contributed by atoms with Crippen LogP contribution < -0.4 is 5.32 Å². The third-order valence-electron chi connectivity index (χ3n) is 4.21. The molecule has 1 aromatic rings. The number of nitrogens with one attached hydrogen (secondary N) is 2. The van der Waals surface area contributed by atoms with Gasteiger partial charge >= 0.3 is 6.09 Å². The Balaban J connectivity index is 1.76. The van der Waals surface area contributed by atoms with Gasteiger partial charge in [0.2, 0.25) is 0 Å². The molecular weight excluding hydrogens is 306 g/mol. The van der Waals surface area contributed by atoms with Gasteiger partial charge in [-0.2, -0.15) is 0 Å². The van der Waals surface area contributed by atoms with Crippen LogP contribution in [-0.4, -0.2) is 47.1 Å². The summed E-state index contributed by atoms with van der Waals surface area (Å²) in [6.07, 6.45) is 4.46. The molecule has 2 rings (SSSR count). The highest BCUT2D eigenvalue weighted by Gasteiger charge is 2.27. The number of piperidine rings is 1. The predicted octanol–water partition coefficient (Wildman–Crippen LogP) is 3.09. The molecule has 1 fully saturated rings. The lowest BCUT2D eigenvalue weighted by Crippen LogP contribution is -2.43. The molecule has 1 aliphatic rings. The third-order valence-corrected chi connectivity index (χ3v) is 4.21.